The first-order valence-corrected chi connectivity index (χ1v) is 9.46. The highest BCUT2D eigenvalue weighted by molar-refractivity contribution is 5.91. The molecule has 0 saturated carbocycles. The van der Waals surface area contributed by atoms with Crippen molar-refractivity contribution in [3.8, 4) is 11.5 Å². The lowest BCUT2D eigenvalue weighted by molar-refractivity contribution is -0.145. The Morgan fingerprint density at radius 3 is 2.53 bits per heavy atom. The number of carbonyl (C=O) groups is 2. The van der Waals surface area contributed by atoms with E-state index in [1.54, 1.807) is 0 Å². The highest BCUT2D eigenvalue weighted by atomic mass is 16.5. The molecule has 0 aliphatic heterocycles. The van der Waals surface area contributed by atoms with Gasteiger partial charge in [-0.15, -0.1) is 10.2 Å². The lowest BCUT2D eigenvalue weighted by Crippen LogP contribution is -2.31. The molecular formula is C23H19N3O4. The Morgan fingerprint density at radius 2 is 1.67 bits per heavy atom. The highest BCUT2D eigenvalue weighted by Crippen LogP contribution is 2.19. The third-order valence-electron chi connectivity index (χ3n) is 4.51. The lowest BCUT2D eigenvalue weighted by atomic mass is 10.0. The van der Waals surface area contributed by atoms with E-state index < -0.39 is 5.97 Å². The molecule has 0 saturated heterocycles. The van der Waals surface area contributed by atoms with Gasteiger partial charge >= 0.3 is 5.97 Å². The molecule has 3 aromatic carbocycles. The van der Waals surface area contributed by atoms with Crippen LogP contribution in [0.5, 0.6) is 0 Å². The van der Waals surface area contributed by atoms with Crippen LogP contribution in [0.4, 0.5) is 0 Å². The van der Waals surface area contributed by atoms with Crippen molar-refractivity contribution in [3.05, 3.63) is 84.3 Å². The second-order valence-corrected chi connectivity index (χ2v) is 6.62. The first kappa shape index (κ1) is 19.3. The molecule has 4 rings (SSSR count). The summed E-state index contributed by atoms with van der Waals surface area (Å²) in [5.41, 5.74) is 1.68. The van der Waals surface area contributed by atoms with Crippen molar-refractivity contribution in [2.24, 2.45) is 0 Å². The zero-order valence-electron chi connectivity index (χ0n) is 16.1. The standard InChI is InChI=1S/C23H19N3O4/c27-20(13-18-11-6-10-16-7-4-5-12-19(16)18)24-14-22(28)29-15-21-25-26-23(30-21)17-8-2-1-3-9-17/h1-12H,13-15H2,(H,24,27). The monoisotopic (exact) mass is 401 g/mol. The van der Waals surface area contributed by atoms with Gasteiger partial charge in [-0.2, -0.15) is 0 Å². The third-order valence-corrected chi connectivity index (χ3v) is 4.51. The summed E-state index contributed by atoms with van der Waals surface area (Å²) in [5, 5.41) is 12.5. The van der Waals surface area contributed by atoms with Crippen molar-refractivity contribution in [1.29, 1.82) is 0 Å². The van der Waals surface area contributed by atoms with Crippen LogP contribution >= 0.6 is 0 Å². The molecule has 1 N–H and O–H groups in total. The van der Waals surface area contributed by atoms with Crippen molar-refractivity contribution in [1.82, 2.24) is 15.5 Å². The second kappa shape index (κ2) is 9.00. The second-order valence-electron chi connectivity index (χ2n) is 6.62. The summed E-state index contributed by atoms with van der Waals surface area (Å²) < 4.78 is 10.6. The number of nitrogens with zero attached hydrogens (tertiary/aromatic N) is 2. The molecule has 1 aromatic heterocycles. The number of esters is 1. The van der Waals surface area contributed by atoms with Crippen molar-refractivity contribution < 1.29 is 18.7 Å². The molecule has 7 nitrogen and oxygen atoms in total. The van der Waals surface area contributed by atoms with Gasteiger partial charge in [0.15, 0.2) is 6.61 Å². The molecule has 0 radical (unpaired) electrons. The predicted octanol–water partition coefficient (Wildman–Crippen LogP) is 3.29. The summed E-state index contributed by atoms with van der Waals surface area (Å²) in [5.74, 6) is -0.303. The van der Waals surface area contributed by atoms with E-state index >= 15 is 0 Å². The molecule has 1 amide bonds. The molecule has 0 aliphatic rings. The molecule has 4 aromatic rings. The van der Waals surface area contributed by atoms with E-state index in [0.717, 1.165) is 21.9 Å². The zero-order valence-corrected chi connectivity index (χ0v) is 16.1. The van der Waals surface area contributed by atoms with Crippen molar-refractivity contribution >= 4 is 22.6 Å². The number of hydrogen-bond acceptors (Lipinski definition) is 6. The van der Waals surface area contributed by atoms with Gasteiger partial charge in [-0.1, -0.05) is 60.7 Å². The Bertz CT molecular complexity index is 1170. The summed E-state index contributed by atoms with van der Waals surface area (Å²) in [6.07, 6.45) is 0.179. The van der Waals surface area contributed by atoms with Gasteiger partial charge < -0.3 is 14.5 Å². The van der Waals surface area contributed by atoms with Crippen LogP contribution in [-0.2, 0) is 27.4 Å². The minimum atomic E-state index is -0.583. The maximum absolute atomic E-state index is 12.2. The SMILES string of the molecule is O=C(Cc1cccc2ccccc12)NCC(=O)OCc1nnc(-c2ccccc2)o1. The number of nitrogens with one attached hydrogen (secondary N) is 1. The van der Waals surface area contributed by atoms with E-state index in [4.69, 9.17) is 9.15 Å². The van der Waals surface area contributed by atoms with Gasteiger partial charge in [0.25, 0.3) is 5.89 Å². The zero-order chi connectivity index (χ0) is 20.8. The molecule has 150 valence electrons. The highest BCUT2D eigenvalue weighted by Gasteiger charge is 2.12. The number of benzene rings is 3. The Hall–Kier alpha value is -4.00. The van der Waals surface area contributed by atoms with Gasteiger partial charge in [0, 0.05) is 5.56 Å². The maximum Gasteiger partial charge on any atom is 0.325 e. The molecule has 30 heavy (non-hydrogen) atoms. The van der Waals surface area contributed by atoms with Crippen LogP contribution in [0.1, 0.15) is 11.5 Å². The van der Waals surface area contributed by atoms with Crippen LogP contribution in [0, 0.1) is 0 Å². The van der Waals surface area contributed by atoms with Crippen LogP contribution in [0.2, 0.25) is 0 Å². The quantitative estimate of drug-likeness (QED) is 0.478. The largest absolute Gasteiger partial charge is 0.454 e. The van der Waals surface area contributed by atoms with Crippen LogP contribution < -0.4 is 5.32 Å². The molecule has 7 heteroatoms. The summed E-state index contributed by atoms with van der Waals surface area (Å²) in [7, 11) is 0. The van der Waals surface area contributed by atoms with E-state index in [1.165, 1.54) is 0 Å². The Kier molecular flexibility index (Phi) is 5.80. The van der Waals surface area contributed by atoms with Crippen LogP contribution in [-0.4, -0.2) is 28.6 Å². The van der Waals surface area contributed by atoms with Crippen molar-refractivity contribution in [2.75, 3.05) is 6.54 Å². The molecule has 1 heterocycles. The van der Waals surface area contributed by atoms with E-state index in [9.17, 15) is 9.59 Å². The first-order chi connectivity index (χ1) is 14.7. The predicted molar refractivity (Wildman–Crippen MR) is 110 cm³/mol. The molecule has 0 bridgehead atoms. The number of amides is 1. The van der Waals surface area contributed by atoms with Gasteiger partial charge in [-0.3, -0.25) is 9.59 Å². The molecule has 0 spiro atoms. The minimum absolute atomic E-state index is 0.155. The Morgan fingerprint density at radius 1 is 0.900 bits per heavy atom. The number of ether oxygens (including phenoxy) is 1. The Balaban J connectivity index is 1.26. The molecule has 0 atom stereocenters. The van der Waals surface area contributed by atoms with Gasteiger partial charge in [-0.05, 0) is 28.5 Å². The van der Waals surface area contributed by atoms with Crippen LogP contribution in [0.15, 0.2) is 77.2 Å². The Labute approximate surface area is 172 Å². The van der Waals surface area contributed by atoms with Crippen LogP contribution in [0.25, 0.3) is 22.2 Å². The first-order valence-electron chi connectivity index (χ1n) is 9.46. The van der Waals surface area contributed by atoms with E-state index in [-0.39, 0.29) is 31.4 Å². The summed E-state index contributed by atoms with van der Waals surface area (Å²) >= 11 is 0. The number of aromatic nitrogens is 2. The van der Waals surface area contributed by atoms with Crippen molar-refractivity contribution in [2.45, 2.75) is 13.0 Å². The van der Waals surface area contributed by atoms with E-state index in [0.29, 0.717) is 5.89 Å². The molecular weight excluding hydrogens is 382 g/mol. The minimum Gasteiger partial charge on any atom is -0.454 e. The number of fused-ring (bicyclic) bond motifs is 1. The summed E-state index contributed by atoms with van der Waals surface area (Å²) in [6, 6.07) is 23.0. The lowest BCUT2D eigenvalue weighted by Gasteiger charge is -2.08. The fourth-order valence-corrected chi connectivity index (χ4v) is 3.06. The summed E-state index contributed by atoms with van der Waals surface area (Å²) in [4.78, 5) is 24.2. The number of carbonyl (C=O) groups excluding carboxylic acids is 2. The topological polar surface area (TPSA) is 94.3 Å². The van der Waals surface area contributed by atoms with Crippen molar-refractivity contribution in [3.63, 3.8) is 0 Å². The molecule has 0 unspecified atom stereocenters. The average Bonchev–Trinajstić information content (AvgIpc) is 3.26. The fourth-order valence-electron chi connectivity index (χ4n) is 3.06. The normalized spacial score (nSPS) is 10.7. The maximum atomic E-state index is 12.2. The smallest absolute Gasteiger partial charge is 0.325 e. The summed E-state index contributed by atoms with van der Waals surface area (Å²) in [6.45, 7) is -0.388. The third kappa shape index (κ3) is 4.70. The average molecular weight is 401 g/mol. The van der Waals surface area contributed by atoms with Gasteiger partial charge in [0.05, 0.1) is 6.42 Å². The van der Waals surface area contributed by atoms with Gasteiger partial charge in [-0.25, -0.2) is 0 Å². The van der Waals surface area contributed by atoms with Gasteiger partial charge in [0.2, 0.25) is 11.8 Å². The van der Waals surface area contributed by atoms with Gasteiger partial charge in [0.1, 0.15) is 6.54 Å². The number of hydrogen-bond donors (Lipinski definition) is 1. The molecule has 0 aliphatic carbocycles. The van der Waals surface area contributed by atoms with E-state index in [1.807, 2.05) is 72.8 Å². The van der Waals surface area contributed by atoms with E-state index in [2.05, 4.69) is 15.5 Å². The number of rotatable bonds is 7. The van der Waals surface area contributed by atoms with Crippen LogP contribution in [0.3, 0.4) is 0 Å². The molecule has 0 fully saturated rings. The fraction of sp³-hybridized carbons (Fsp3) is 0.130.